The van der Waals surface area contributed by atoms with Crippen molar-refractivity contribution < 1.29 is 4.79 Å². The monoisotopic (exact) mass is 295 g/mol. The van der Waals surface area contributed by atoms with E-state index in [1.165, 1.54) is 5.56 Å². The molecule has 0 bridgehead atoms. The van der Waals surface area contributed by atoms with Gasteiger partial charge >= 0.3 is 0 Å². The summed E-state index contributed by atoms with van der Waals surface area (Å²) in [6.45, 7) is 5.80. The Hall–Kier alpha value is -2.09. The van der Waals surface area contributed by atoms with Crippen LogP contribution in [-0.2, 0) is 6.42 Å². The Morgan fingerprint density at radius 1 is 0.955 bits per heavy atom. The smallest absolute Gasteiger partial charge is 0.254 e. The van der Waals surface area contributed by atoms with Crippen LogP contribution in [-0.4, -0.2) is 23.9 Å². The summed E-state index contributed by atoms with van der Waals surface area (Å²) < 4.78 is 0. The highest BCUT2D eigenvalue weighted by molar-refractivity contribution is 5.95. The van der Waals surface area contributed by atoms with Crippen molar-refractivity contribution in [2.24, 2.45) is 0 Å². The molecule has 0 saturated carbocycles. The third-order valence-electron chi connectivity index (χ3n) is 3.94. The molecule has 0 saturated heterocycles. The van der Waals surface area contributed by atoms with Crippen molar-refractivity contribution in [1.82, 2.24) is 4.90 Å². The summed E-state index contributed by atoms with van der Waals surface area (Å²) in [7, 11) is 0. The first-order valence-electron chi connectivity index (χ1n) is 8.17. The third kappa shape index (κ3) is 4.20. The van der Waals surface area contributed by atoms with Crippen LogP contribution in [0.2, 0.25) is 0 Å². The number of unbranched alkanes of at least 4 members (excludes halogenated alkanes) is 1. The minimum Gasteiger partial charge on any atom is -0.339 e. The molecule has 2 nitrogen and oxygen atoms in total. The van der Waals surface area contributed by atoms with Crippen LogP contribution in [0.25, 0.3) is 0 Å². The van der Waals surface area contributed by atoms with Crippen LogP contribution >= 0.6 is 0 Å². The highest BCUT2D eigenvalue weighted by atomic mass is 16.2. The Bertz CT molecular complexity index is 592. The Morgan fingerprint density at radius 3 is 2.32 bits per heavy atom. The Kier molecular flexibility index (Phi) is 6.20. The van der Waals surface area contributed by atoms with Crippen molar-refractivity contribution in [2.45, 2.75) is 33.1 Å². The van der Waals surface area contributed by atoms with Crippen molar-refractivity contribution >= 4 is 5.91 Å². The molecule has 1 amide bonds. The first kappa shape index (κ1) is 16.3. The second-order valence-corrected chi connectivity index (χ2v) is 5.56. The summed E-state index contributed by atoms with van der Waals surface area (Å²) in [5.74, 6) is 0.155. The maximum Gasteiger partial charge on any atom is 0.254 e. The van der Waals surface area contributed by atoms with Gasteiger partial charge in [0.25, 0.3) is 5.91 Å². The average molecular weight is 295 g/mol. The molecular formula is C20H25NO. The molecule has 0 aliphatic rings. The topological polar surface area (TPSA) is 20.3 Å². The molecule has 22 heavy (non-hydrogen) atoms. The summed E-state index contributed by atoms with van der Waals surface area (Å²) >= 11 is 0. The fraction of sp³-hybridized carbons (Fsp3) is 0.350. The second-order valence-electron chi connectivity index (χ2n) is 5.56. The van der Waals surface area contributed by atoms with Crippen molar-refractivity contribution in [1.29, 1.82) is 0 Å². The van der Waals surface area contributed by atoms with Gasteiger partial charge in [0.2, 0.25) is 0 Å². The molecule has 0 N–H and O–H groups in total. The van der Waals surface area contributed by atoms with E-state index < -0.39 is 0 Å². The minimum absolute atomic E-state index is 0.155. The van der Waals surface area contributed by atoms with E-state index in [4.69, 9.17) is 0 Å². The summed E-state index contributed by atoms with van der Waals surface area (Å²) in [6.07, 6.45) is 2.96. The number of amides is 1. The molecule has 2 rings (SSSR count). The molecular weight excluding hydrogens is 270 g/mol. The summed E-state index contributed by atoms with van der Waals surface area (Å²) in [4.78, 5) is 14.8. The number of carbonyl (C=O) groups is 1. The van der Waals surface area contributed by atoms with Crippen LogP contribution < -0.4 is 0 Å². The van der Waals surface area contributed by atoms with E-state index in [1.807, 2.05) is 48.2 Å². The van der Waals surface area contributed by atoms with Crippen molar-refractivity contribution in [2.75, 3.05) is 13.1 Å². The molecule has 0 spiro atoms. The van der Waals surface area contributed by atoms with E-state index in [0.29, 0.717) is 0 Å². The zero-order valence-electron chi connectivity index (χ0n) is 13.6. The maximum atomic E-state index is 12.8. The number of hydrogen-bond donors (Lipinski definition) is 0. The van der Waals surface area contributed by atoms with Gasteiger partial charge in [-0.25, -0.2) is 0 Å². The van der Waals surface area contributed by atoms with Gasteiger partial charge in [-0.15, -0.1) is 0 Å². The van der Waals surface area contributed by atoms with E-state index in [9.17, 15) is 4.79 Å². The fourth-order valence-corrected chi connectivity index (χ4v) is 2.62. The minimum atomic E-state index is 0.155. The largest absolute Gasteiger partial charge is 0.339 e. The van der Waals surface area contributed by atoms with Crippen LogP contribution in [0.4, 0.5) is 0 Å². The average Bonchev–Trinajstić information content (AvgIpc) is 2.57. The highest BCUT2D eigenvalue weighted by Gasteiger charge is 2.16. The molecule has 0 aliphatic heterocycles. The van der Waals surface area contributed by atoms with Gasteiger partial charge in [0.15, 0.2) is 0 Å². The predicted octanol–water partition coefficient (Wildman–Crippen LogP) is 4.54. The maximum absolute atomic E-state index is 12.8. The first-order valence-corrected chi connectivity index (χ1v) is 8.17. The first-order chi connectivity index (χ1) is 10.8. The molecule has 0 heterocycles. The molecule has 0 unspecified atom stereocenters. The summed E-state index contributed by atoms with van der Waals surface area (Å²) in [5, 5.41) is 0. The molecule has 0 fully saturated rings. The molecule has 0 radical (unpaired) electrons. The lowest BCUT2D eigenvalue weighted by molar-refractivity contribution is 0.0761. The van der Waals surface area contributed by atoms with Crippen LogP contribution in [0, 0.1) is 0 Å². The van der Waals surface area contributed by atoms with E-state index in [1.54, 1.807) is 0 Å². The summed E-state index contributed by atoms with van der Waals surface area (Å²) in [6, 6.07) is 18.3. The SMILES string of the molecule is CCCCN(CC)C(=O)c1ccccc1Cc1ccccc1. The standard InChI is InChI=1S/C20H25NO/c1-3-5-15-21(4-2)20(22)19-14-10-9-13-18(19)16-17-11-7-6-8-12-17/h6-14H,3-5,15-16H2,1-2H3. The molecule has 116 valence electrons. The van der Waals surface area contributed by atoms with Gasteiger partial charge in [-0.05, 0) is 37.0 Å². The highest BCUT2D eigenvalue weighted by Crippen LogP contribution is 2.17. The van der Waals surface area contributed by atoms with Crippen LogP contribution in [0.5, 0.6) is 0 Å². The Labute approximate surface area is 133 Å². The zero-order valence-corrected chi connectivity index (χ0v) is 13.6. The normalized spacial score (nSPS) is 10.5. The molecule has 2 heteroatoms. The molecule has 2 aromatic rings. The molecule has 0 atom stereocenters. The summed E-state index contributed by atoms with van der Waals surface area (Å²) in [5.41, 5.74) is 3.18. The van der Waals surface area contributed by atoms with Crippen LogP contribution in [0.15, 0.2) is 54.6 Å². The third-order valence-corrected chi connectivity index (χ3v) is 3.94. The van der Waals surface area contributed by atoms with Crippen molar-refractivity contribution in [3.8, 4) is 0 Å². The lowest BCUT2D eigenvalue weighted by atomic mass is 9.99. The van der Waals surface area contributed by atoms with Gasteiger partial charge in [-0.1, -0.05) is 61.9 Å². The zero-order chi connectivity index (χ0) is 15.8. The van der Waals surface area contributed by atoms with E-state index in [-0.39, 0.29) is 5.91 Å². The predicted molar refractivity (Wildman–Crippen MR) is 92.2 cm³/mol. The van der Waals surface area contributed by atoms with Gasteiger partial charge in [0.05, 0.1) is 0 Å². The van der Waals surface area contributed by atoms with Gasteiger partial charge in [0, 0.05) is 18.7 Å². The Morgan fingerprint density at radius 2 is 1.64 bits per heavy atom. The number of hydrogen-bond acceptors (Lipinski definition) is 1. The molecule has 0 aliphatic carbocycles. The van der Waals surface area contributed by atoms with E-state index in [0.717, 1.165) is 43.5 Å². The fourth-order valence-electron chi connectivity index (χ4n) is 2.62. The lowest BCUT2D eigenvalue weighted by Gasteiger charge is -2.22. The Balaban J connectivity index is 2.21. The van der Waals surface area contributed by atoms with Gasteiger partial charge < -0.3 is 4.90 Å². The van der Waals surface area contributed by atoms with Crippen LogP contribution in [0.1, 0.15) is 48.2 Å². The molecule has 2 aromatic carbocycles. The van der Waals surface area contributed by atoms with E-state index in [2.05, 4.69) is 25.1 Å². The lowest BCUT2D eigenvalue weighted by Crippen LogP contribution is -2.32. The van der Waals surface area contributed by atoms with Crippen molar-refractivity contribution in [3.63, 3.8) is 0 Å². The second kappa shape index (κ2) is 8.38. The quantitative estimate of drug-likeness (QED) is 0.734. The number of carbonyl (C=O) groups excluding carboxylic acids is 1. The van der Waals surface area contributed by atoms with Crippen LogP contribution in [0.3, 0.4) is 0 Å². The molecule has 0 aromatic heterocycles. The van der Waals surface area contributed by atoms with Gasteiger partial charge in [-0.3, -0.25) is 4.79 Å². The van der Waals surface area contributed by atoms with Crippen molar-refractivity contribution in [3.05, 3.63) is 71.3 Å². The number of nitrogens with zero attached hydrogens (tertiary/aromatic N) is 1. The number of rotatable bonds is 7. The van der Waals surface area contributed by atoms with Gasteiger partial charge in [-0.2, -0.15) is 0 Å². The van der Waals surface area contributed by atoms with Gasteiger partial charge in [0.1, 0.15) is 0 Å². The number of benzene rings is 2. The van der Waals surface area contributed by atoms with E-state index >= 15 is 0 Å².